The maximum Gasteiger partial charge on any atom is 0.108 e. The normalized spacial score (nSPS) is 14.3. The Morgan fingerprint density at radius 1 is 0.593 bits per heavy atom. The van der Waals surface area contributed by atoms with Crippen LogP contribution in [0.25, 0.3) is 84.2 Å². The molecule has 2 aromatic heterocycles. The number of nitrogens with zero attached hydrogens (tertiary/aromatic N) is 2. The Morgan fingerprint density at radius 3 is 1.95 bits per heavy atom. The number of hydrogen-bond acceptors (Lipinski definition) is 1. The van der Waals surface area contributed by atoms with Gasteiger partial charge in [-0.25, -0.2) is 0 Å². The average molecular weight is 760 g/mol. The van der Waals surface area contributed by atoms with E-state index >= 15 is 0 Å². The van der Waals surface area contributed by atoms with Gasteiger partial charge in [-0.3, -0.25) is 4.57 Å². The SMILES string of the molecule is C=C/C(=C\C=C(/N)n1c2c(c3cc(C)ccc31)=CC(c1ccc3c(c1)c1cc(C)ccc1n3-c1ccccc1)CC=2)c1cccc(-c2cccc(-c3ccccc3)c2)c1. The minimum absolute atomic E-state index is 0.226. The molecule has 1 atom stereocenters. The molecule has 59 heavy (non-hydrogen) atoms. The Morgan fingerprint density at radius 2 is 1.20 bits per heavy atom. The third-order valence-electron chi connectivity index (χ3n) is 11.9. The van der Waals surface area contributed by atoms with Crippen molar-refractivity contribution in [3.63, 3.8) is 0 Å². The predicted molar refractivity (Wildman–Crippen MR) is 252 cm³/mol. The van der Waals surface area contributed by atoms with Gasteiger partial charge in [0.1, 0.15) is 5.82 Å². The van der Waals surface area contributed by atoms with Crippen LogP contribution in [0.2, 0.25) is 0 Å². The number of benzene rings is 7. The Kier molecular flexibility index (Phi) is 9.07. The monoisotopic (exact) mass is 759 g/mol. The fourth-order valence-electron chi connectivity index (χ4n) is 9.00. The van der Waals surface area contributed by atoms with Gasteiger partial charge in [-0.05, 0) is 126 Å². The minimum atomic E-state index is 0.226. The van der Waals surface area contributed by atoms with Gasteiger partial charge in [0.2, 0.25) is 0 Å². The van der Waals surface area contributed by atoms with Crippen LogP contribution in [0, 0.1) is 13.8 Å². The van der Waals surface area contributed by atoms with Gasteiger partial charge >= 0.3 is 0 Å². The molecule has 7 aromatic carbocycles. The van der Waals surface area contributed by atoms with E-state index in [0.717, 1.165) is 34.0 Å². The molecular formula is C56H45N3. The van der Waals surface area contributed by atoms with Crippen LogP contribution in [0.15, 0.2) is 189 Å². The maximum absolute atomic E-state index is 7.07. The van der Waals surface area contributed by atoms with E-state index in [1.807, 2.05) is 12.2 Å². The van der Waals surface area contributed by atoms with Crippen LogP contribution in [0.3, 0.4) is 0 Å². The summed E-state index contributed by atoms with van der Waals surface area (Å²) in [7, 11) is 0. The number of aromatic nitrogens is 2. The van der Waals surface area contributed by atoms with Crippen molar-refractivity contribution in [2.45, 2.75) is 26.2 Å². The molecular weight excluding hydrogens is 715 g/mol. The van der Waals surface area contributed by atoms with Crippen LogP contribution in [0.5, 0.6) is 0 Å². The average Bonchev–Trinajstić information content (AvgIpc) is 3.78. The molecule has 2 heterocycles. The van der Waals surface area contributed by atoms with Gasteiger partial charge in [0, 0.05) is 33.0 Å². The van der Waals surface area contributed by atoms with Crippen LogP contribution < -0.4 is 16.3 Å². The summed E-state index contributed by atoms with van der Waals surface area (Å²) in [6.45, 7) is 8.54. The minimum Gasteiger partial charge on any atom is -0.385 e. The molecule has 3 nitrogen and oxygen atoms in total. The van der Waals surface area contributed by atoms with Crippen LogP contribution in [-0.2, 0) is 0 Å². The summed E-state index contributed by atoms with van der Waals surface area (Å²) in [6.07, 6.45) is 11.7. The molecule has 3 heteroatoms. The molecule has 0 bridgehead atoms. The van der Waals surface area contributed by atoms with E-state index in [0.29, 0.717) is 5.82 Å². The second-order valence-corrected chi connectivity index (χ2v) is 15.8. The zero-order valence-electron chi connectivity index (χ0n) is 33.4. The first-order chi connectivity index (χ1) is 28.9. The molecule has 10 rings (SSSR count). The number of hydrogen-bond donors (Lipinski definition) is 1. The fraction of sp³-hybridized carbons (Fsp3) is 0.0714. The van der Waals surface area contributed by atoms with Crippen molar-refractivity contribution in [2.75, 3.05) is 0 Å². The van der Waals surface area contributed by atoms with Crippen molar-refractivity contribution in [3.05, 3.63) is 221 Å². The Hall–Kier alpha value is -7.36. The molecule has 0 spiro atoms. The predicted octanol–water partition coefficient (Wildman–Crippen LogP) is 12.5. The van der Waals surface area contributed by atoms with Gasteiger partial charge in [0.05, 0.1) is 21.9 Å². The smallest absolute Gasteiger partial charge is 0.108 e. The van der Waals surface area contributed by atoms with Crippen molar-refractivity contribution in [1.29, 1.82) is 0 Å². The Labute approximate surface area is 345 Å². The first kappa shape index (κ1) is 36.0. The van der Waals surface area contributed by atoms with E-state index in [9.17, 15) is 0 Å². The highest BCUT2D eigenvalue weighted by Crippen LogP contribution is 2.36. The maximum atomic E-state index is 7.07. The highest BCUT2D eigenvalue weighted by atomic mass is 15.1. The van der Waals surface area contributed by atoms with Crippen LogP contribution in [-0.4, -0.2) is 9.13 Å². The van der Waals surface area contributed by atoms with Crippen molar-refractivity contribution >= 4 is 56.3 Å². The zero-order chi connectivity index (χ0) is 40.0. The zero-order valence-corrected chi connectivity index (χ0v) is 33.4. The van der Waals surface area contributed by atoms with Gasteiger partial charge in [0.25, 0.3) is 0 Å². The summed E-state index contributed by atoms with van der Waals surface area (Å²) in [5, 5.41) is 6.16. The summed E-state index contributed by atoms with van der Waals surface area (Å²) in [5.74, 6) is 0.893. The summed E-state index contributed by atoms with van der Waals surface area (Å²) in [6, 6.07) is 59.1. The quantitative estimate of drug-likeness (QED) is 0.154. The molecule has 0 saturated carbocycles. The molecule has 0 radical (unpaired) electrons. The number of nitrogens with two attached hydrogens (primary N) is 1. The standard InChI is InChI=1S/C56H45N3/c1-4-39(41-15-11-17-43(33-41)44-18-12-16-42(34-44)40-13-7-5-8-14-40)25-30-56(57)59-54-27-22-38(3)32-49(54)51-36-46(24-29-55(51)59)45-23-28-53-50(35-45)48-31-37(2)21-26-52(48)58(53)47-19-9-6-10-20-47/h4-23,25-36,46H,1,24,57H2,2-3H3/b39-25+,56-30+. The lowest BCUT2D eigenvalue weighted by Gasteiger charge is -2.15. The van der Waals surface area contributed by atoms with Crippen LogP contribution in [0.1, 0.15) is 34.6 Å². The number of para-hydroxylation sites is 1. The third-order valence-corrected chi connectivity index (χ3v) is 11.9. The van der Waals surface area contributed by atoms with Gasteiger partial charge < -0.3 is 10.3 Å². The largest absolute Gasteiger partial charge is 0.385 e. The molecule has 1 aliphatic rings. The van der Waals surface area contributed by atoms with Crippen molar-refractivity contribution in [3.8, 4) is 27.9 Å². The van der Waals surface area contributed by atoms with Crippen molar-refractivity contribution < 1.29 is 0 Å². The molecule has 0 saturated heterocycles. The van der Waals surface area contributed by atoms with E-state index in [2.05, 4.69) is 212 Å². The number of rotatable bonds is 8. The molecule has 2 N–H and O–H groups in total. The van der Waals surface area contributed by atoms with E-state index in [1.165, 1.54) is 71.5 Å². The lowest BCUT2D eigenvalue weighted by Crippen LogP contribution is -2.33. The molecule has 9 aromatic rings. The van der Waals surface area contributed by atoms with Crippen molar-refractivity contribution in [2.24, 2.45) is 5.73 Å². The van der Waals surface area contributed by atoms with Gasteiger partial charge in [-0.15, -0.1) is 0 Å². The number of aryl methyl sites for hydroxylation is 2. The highest BCUT2D eigenvalue weighted by Gasteiger charge is 2.20. The van der Waals surface area contributed by atoms with Gasteiger partial charge in [0.15, 0.2) is 0 Å². The van der Waals surface area contributed by atoms with Gasteiger partial charge in [-0.2, -0.15) is 0 Å². The second kappa shape index (κ2) is 14.9. The summed E-state index contributed by atoms with van der Waals surface area (Å²) < 4.78 is 4.61. The van der Waals surface area contributed by atoms with E-state index in [1.54, 1.807) is 0 Å². The van der Waals surface area contributed by atoms with E-state index < -0.39 is 0 Å². The highest BCUT2D eigenvalue weighted by molar-refractivity contribution is 6.10. The summed E-state index contributed by atoms with van der Waals surface area (Å²) in [4.78, 5) is 0. The second-order valence-electron chi connectivity index (χ2n) is 15.8. The first-order valence-electron chi connectivity index (χ1n) is 20.4. The first-order valence-corrected chi connectivity index (χ1v) is 20.4. The topological polar surface area (TPSA) is 35.9 Å². The van der Waals surface area contributed by atoms with Gasteiger partial charge in [-0.1, -0.05) is 145 Å². The van der Waals surface area contributed by atoms with E-state index in [4.69, 9.17) is 5.73 Å². The van der Waals surface area contributed by atoms with E-state index in [-0.39, 0.29) is 5.92 Å². The number of fused-ring (bicyclic) bond motifs is 6. The number of allylic oxidation sites excluding steroid dienone is 4. The van der Waals surface area contributed by atoms with Crippen LogP contribution >= 0.6 is 0 Å². The molecule has 0 aliphatic heterocycles. The molecule has 0 fully saturated rings. The molecule has 1 aliphatic carbocycles. The lowest BCUT2D eigenvalue weighted by molar-refractivity contribution is 0.909. The van der Waals surface area contributed by atoms with Crippen LogP contribution in [0.4, 0.5) is 0 Å². The molecule has 0 amide bonds. The molecule has 284 valence electrons. The lowest BCUT2D eigenvalue weighted by atomic mass is 9.90. The molecule has 1 unspecified atom stereocenters. The Balaban J connectivity index is 1.02. The third kappa shape index (κ3) is 6.51. The Bertz CT molecular complexity index is 3280. The fourth-order valence-corrected chi connectivity index (χ4v) is 9.00. The van der Waals surface area contributed by atoms with Crippen molar-refractivity contribution in [1.82, 2.24) is 9.13 Å². The summed E-state index contributed by atoms with van der Waals surface area (Å²) >= 11 is 0. The summed E-state index contributed by atoms with van der Waals surface area (Å²) in [5.41, 5.74) is 22.4.